The summed E-state index contributed by atoms with van der Waals surface area (Å²) >= 11 is 0. The molecule has 6 nitrogen and oxygen atoms in total. The van der Waals surface area contributed by atoms with E-state index in [0.717, 1.165) is 18.4 Å². The van der Waals surface area contributed by atoms with Crippen LogP contribution in [0.3, 0.4) is 0 Å². The zero-order valence-corrected chi connectivity index (χ0v) is 15.6. The summed E-state index contributed by atoms with van der Waals surface area (Å²) in [5.74, 6) is 0.715. The van der Waals surface area contributed by atoms with Crippen molar-refractivity contribution in [3.05, 3.63) is 35.1 Å². The average molecular weight is 370 g/mol. The molecule has 1 saturated carbocycles. The van der Waals surface area contributed by atoms with Gasteiger partial charge >= 0.3 is 0 Å². The topological polar surface area (TPSA) is 82.6 Å². The maximum absolute atomic E-state index is 13.5. The maximum Gasteiger partial charge on any atom is 0.213 e. The molecule has 1 aromatic rings. The first-order chi connectivity index (χ1) is 11.9. The van der Waals surface area contributed by atoms with Crippen molar-refractivity contribution in [1.82, 2.24) is 15.4 Å². The Labute approximate surface area is 149 Å². The van der Waals surface area contributed by atoms with Crippen LogP contribution in [0.4, 0.5) is 4.39 Å². The van der Waals surface area contributed by atoms with Gasteiger partial charge in [-0.05, 0) is 42.9 Å². The highest BCUT2D eigenvalue weighted by Gasteiger charge is 2.20. The number of aryl methyl sites for hydroxylation is 1. The molecule has 8 heteroatoms. The van der Waals surface area contributed by atoms with Crippen molar-refractivity contribution < 1.29 is 12.8 Å². The Kier molecular flexibility index (Phi) is 7.19. The van der Waals surface area contributed by atoms with E-state index in [1.54, 1.807) is 20.0 Å². The van der Waals surface area contributed by atoms with E-state index < -0.39 is 10.0 Å². The van der Waals surface area contributed by atoms with Crippen molar-refractivity contribution in [2.75, 3.05) is 25.9 Å². The van der Waals surface area contributed by atoms with Crippen LogP contribution in [0.25, 0.3) is 0 Å². The van der Waals surface area contributed by atoms with Crippen molar-refractivity contribution in [2.24, 2.45) is 10.9 Å². The molecule has 0 aromatic heterocycles. The van der Waals surface area contributed by atoms with E-state index in [1.807, 2.05) is 6.07 Å². The minimum Gasteiger partial charge on any atom is -0.355 e. The summed E-state index contributed by atoms with van der Waals surface area (Å²) in [5, 5.41) is 6.01. The molecule has 3 N–H and O–H groups in total. The minimum atomic E-state index is -3.28. The molecule has 25 heavy (non-hydrogen) atoms. The van der Waals surface area contributed by atoms with Crippen LogP contribution < -0.4 is 15.4 Å². The molecular formula is C17H27FN4O2S. The second-order valence-corrected chi connectivity index (χ2v) is 8.33. The van der Waals surface area contributed by atoms with Crippen molar-refractivity contribution in [1.29, 1.82) is 0 Å². The molecule has 0 heterocycles. The maximum atomic E-state index is 13.5. The van der Waals surface area contributed by atoms with Crippen molar-refractivity contribution in [3.8, 4) is 0 Å². The number of nitrogens with one attached hydrogen (secondary N) is 3. The Balaban J connectivity index is 1.71. The molecular weight excluding hydrogens is 343 g/mol. The third kappa shape index (κ3) is 6.62. The van der Waals surface area contributed by atoms with Gasteiger partial charge in [0, 0.05) is 26.7 Å². The summed E-state index contributed by atoms with van der Waals surface area (Å²) in [5.41, 5.74) is 1.40. The summed E-state index contributed by atoms with van der Waals surface area (Å²) < 4.78 is 40.1. The Morgan fingerprint density at radius 1 is 1.32 bits per heavy atom. The molecule has 0 spiro atoms. The van der Waals surface area contributed by atoms with Gasteiger partial charge in [0.05, 0.1) is 5.75 Å². The molecule has 0 saturated heterocycles. The highest BCUT2D eigenvalue weighted by atomic mass is 32.2. The first kappa shape index (κ1) is 19.7. The van der Waals surface area contributed by atoms with E-state index >= 15 is 0 Å². The molecule has 140 valence electrons. The number of aliphatic imine (C=N–C) groups is 1. The number of hydrogen-bond acceptors (Lipinski definition) is 3. The fraction of sp³-hybridized carbons (Fsp3) is 0.588. The SMILES string of the molecule is CN=C(NCCS(=O)(=O)NCC1CCC1)NCc1ccc(C)c(F)c1. The summed E-state index contributed by atoms with van der Waals surface area (Å²) in [6.45, 7) is 2.91. The van der Waals surface area contributed by atoms with Crippen LogP contribution in [0.5, 0.6) is 0 Å². The standard InChI is InChI=1S/C17H27FN4O2S/c1-13-6-7-15(10-16(13)18)11-21-17(19-2)20-8-9-25(23,24)22-12-14-4-3-5-14/h6-7,10,14,22H,3-5,8-9,11-12H2,1-2H3,(H2,19,20,21). The van der Waals surface area contributed by atoms with Crippen LogP contribution in [-0.4, -0.2) is 40.3 Å². The lowest BCUT2D eigenvalue weighted by molar-refractivity contribution is 0.316. The van der Waals surface area contributed by atoms with E-state index in [1.165, 1.54) is 12.5 Å². The van der Waals surface area contributed by atoms with E-state index in [-0.39, 0.29) is 18.1 Å². The van der Waals surface area contributed by atoms with E-state index in [0.29, 0.717) is 30.5 Å². The largest absolute Gasteiger partial charge is 0.355 e. The van der Waals surface area contributed by atoms with E-state index in [9.17, 15) is 12.8 Å². The van der Waals surface area contributed by atoms with Gasteiger partial charge in [-0.2, -0.15) is 0 Å². The van der Waals surface area contributed by atoms with Crippen LogP contribution in [0.15, 0.2) is 23.2 Å². The first-order valence-electron chi connectivity index (χ1n) is 8.56. The zero-order valence-electron chi connectivity index (χ0n) is 14.8. The average Bonchev–Trinajstić information content (AvgIpc) is 2.52. The van der Waals surface area contributed by atoms with E-state index in [2.05, 4.69) is 20.3 Å². The molecule has 1 aliphatic carbocycles. The highest BCUT2D eigenvalue weighted by Crippen LogP contribution is 2.25. The Morgan fingerprint density at radius 3 is 2.68 bits per heavy atom. The van der Waals surface area contributed by atoms with Gasteiger partial charge < -0.3 is 10.6 Å². The lowest BCUT2D eigenvalue weighted by atomic mass is 9.86. The molecule has 2 rings (SSSR count). The minimum absolute atomic E-state index is 0.0143. The van der Waals surface area contributed by atoms with Crippen molar-refractivity contribution in [2.45, 2.75) is 32.7 Å². The quantitative estimate of drug-likeness (QED) is 0.479. The van der Waals surface area contributed by atoms with Crippen molar-refractivity contribution in [3.63, 3.8) is 0 Å². The summed E-state index contributed by atoms with van der Waals surface area (Å²) in [6.07, 6.45) is 3.41. The number of guanidine groups is 1. The van der Waals surface area contributed by atoms with Gasteiger partial charge in [-0.15, -0.1) is 0 Å². The van der Waals surface area contributed by atoms with Crippen LogP contribution in [0.2, 0.25) is 0 Å². The van der Waals surface area contributed by atoms with Gasteiger partial charge in [0.15, 0.2) is 5.96 Å². The van der Waals surface area contributed by atoms with Gasteiger partial charge in [0.1, 0.15) is 5.82 Å². The monoisotopic (exact) mass is 370 g/mol. The molecule has 0 radical (unpaired) electrons. The number of hydrogen-bond donors (Lipinski definition) is 3. The smallest absolute Gasteiger partial charge is 0.213 e. The third-order valence-electron chi connectivity index (χ3n) is 4.40. The Bertz CT molecular complexity index is 703. The molecule has 1 aliphatic rings. The van der Waals surface area contributed by atoms with Gasteiger partial charge in [0.25, 0.3) is 0 Å². The van der Waals surface area contributed by atoms with Gasteiger partial charge in [-0.25, -0.2) is 17.5 Å². The molecule has 0 amide bonds. The fourth-order valence-corrected chi connectivity index (χ4v) is 3.48. The lowest BCUT2D eigenvalue weighted by Gasteiger charge is -2.25. The predicted octanol–water partition coefficient (Wildman–Crippen LogP) is 1.52. The zero-order chi connectivity index (χ0) is 18.3. The number of nitrogens with zero attached hydrogens (tertiary/aromatic N) is 1. The number of sulfonamides is 1. The van der Waals surface area contributed by atoms with Crippen LogP contribution in [0.1, 0.15) is 30.4 Å². The fourth-order valence-electron chi connectivity index (χ4n) is 2.47. The molecule has 0 bridgehead atoms. The molecule has 1 aromatic carbocycles. The second kappa shape index (κ2) is 9.15. The number of halogens is 1. The molecule has 1 fully saturated rings. The van der Waals surface area contributed by atoms with Crippen LogP contribution in [0, 0.1) is 18.7 Å². The van der Waals surface area contributed by atoms with Crippen molar-refractivity contribution >= 4 is 16.0 Å². The van der Waals surface area contributed by atoms with Gasteiger partial charge in [-0.3, -0.25) is 4.99 Å². The summed E-state index contributed by atoms with van der Waals surface area (Å²) in [7, 11) is -1.67. The lowest BCUT2D eigenvalue weighted by Crippen LogP contribution is -2.41. The summed E-state index contributed by atoms with van der Waals surface area (Å²) in [4.78, 5) is 4.04. The predicted molar refractivity (Wildman–Crippen MR) is 98.5 cm³/mol. The molecule has 0 aliphatic heterocycles. The Hall–Kier alpha value is -1.67. The summed E-state index contributed by atoms with van der Waals surface area (Å²) in [6, 6.07) is 5.04. The first-order valence-corrected chi connectivity index (χ1v) is 10.2. The number of rotatable bonds is 8. The van der Waals surface area contributed by atoms with Crippen LogP contribution in [-0.2, 0) is 16.6 Å². The van der Waals surface area contributed by atoms with E-state index in [4.69, 9.17) is 0 Å². The number of benzene rings is 1. The van der Waals surface area contributed by atoms with Gasteiger partial charge in [-0.1, -0.05) is 18.6 Å². The molecule has 0 atom stereocenters. The normalized spacial score (nSPS) is 15.7. The Morgan fingerprint density at radius 2 is 2.08 bits per heavy atom. The molecule has 0 unspecified atom stereocenters. The van der Waals surface area contributed by atoms with Crippen LogP contribution >= 0.6 is 0 Å². The van der Waals surface area contributed by atoms with Gasteiger partial charge in [0.2, 0.25) is 10.0 Å². The second-order valence-electron chi connectivity index (χ2n) is 6.40. The highest BCUT2D eigenvalue weighted by molar-refractivity contribution is 7.89. The third-order valence-corrected chi connectivity index (χ3v) is 5.75.